The van der Waals surface area contributed by atoms with Gasteiger partial charge in [-0.2, -0.15) is 0 Å². The predicted molar refractivity (Wildman–Crippen MR) is 76.9 cm³/mol. The van der Waals surface area contributed by atoms with Crippen molar-refractivity contribution < 1.29 is 9.53 Å². The number of pyridine rings is 1. The molecule has 0 radical (unpaired) electrons. The molecule has 6 heteroatoms. The first-order valence-electron chi connectivity index (χ1n) is 5.07. The predicted octanol–water partition coefficient (Wildman–Crippen LogP) is 2.88. The Labute approximate surface area is 120 Å². The number of ketones is 1. The zero-order valence-corrected chi connectivity index (χ0v) is 12.6. The summed E-state index contributed by atoms with van der Waals surface area (Å²) in [4.78, 5) is 26.5. The first kappa shape index (κ1) is 13.3. The molecule has 0 aliphatic carbocycles. The molecule has 0 amide bonds. The molecule has 0 bridgehead atoms. The SMILES string of the molecule is COc1ccc2c(=O)cc(C(=O)CBr)[nH]c2c1Br. The molecule has 0 unspecified atom stereocenters. The zero-order chi connectivity index (χ0) is 13.3. The second-order valence-corrected chi connectivity index (χ2v) is 4.96. The van der Waals surface area contributed by atoms with E-state index in [1.54, 1.807) is 12.1 Å². The summed E-state index contributed by atoms with van der Waals surface area (Å²) in [7, 11) is 1.54. The number of benzene rings is 1. The third kappa shape index (κ3) is 2.22. The van der Waals surface area contributed by atoms with Crippen molar-refractivity contribution in [1.82, 2.24) is 4.98 Å². The number of hydrogen-bond donors (Lipinski definition) is 1. The highest BCUT2D eigenvalue weighted by Crippen LogP contribution is 2.30. The number of ether oxygens (including phenoxy) is 1. The van der Waals surface area contributed by atoms with Crippen molar-refractivity contribution >= 4 is 48.5 Å². The number of aromatic nitrogens is 1. The maximum atomic E-state index is 11.9. The molecule has 94 valence electrons. The van der Waals surface area contributed by atoms with Crippen molar-refractivity contribution in [3.05, 3.63) is 38.6 Å². The van der Waals surface area contributed by atoms with Crippen LogP contribution in [-0.4, -0.2) is 23.2 Å². The van der Waals surface area contributed by atoms with Crippen molar-refractivity contribution in [3.8, 4) is 5.75 Å². The molecule has 0 saturated heterocycles. The Morgan fingerprint density at radius 3 is 2.78 bits per heavy atom. The van der Waals surface area contributed by atoms with Crippen LogP contribution in [0.2, 0.25) is 0 Å². The molecule has 4 nitrogen and oxygen atoms in total. The minimum Gasteiger partial charge on any atom is -0.495 e. The Balaban J connectivity index is 2.80. The zero-order valence-electron chi connectivity index (χ0n) is 9.42. The standard InChI is InChI=1S/C12H9Br2NO3/c1-18-10-3-2-6-8(16)4-7(9(17)5-13)15-12(6)11(10)14/h2-4H,5H2,1H3,(H,15,16). The maximum absolute atomic E-state index is 11.9. The van der Waals surface area contributed by atoms with Crippen LogP contribution in [0.3, 0.4) is 0 Å². The Hall–Kier alpha value is -1.14. The molecule has 0 saturated carbocycles. The lowest BCUT2D eigenvalue weighted by molar-refractivity contribution is 0.101. The van der Waals surface area contributed by atoms with Crippen LogP contribution in [0, 0.1) is 0 Å². The molecule has 0 fully saturated rings. The van der Waals surface area contributed by atoms with Gasteiger partial charge in [-0.3, -0.25) is 9.59 Å². The van der Waals surface area contributed by atoms with E-state index < -0.39 is 0 Å². The van der Waals surface area contributed by atoms with Crippen LogP contribution in [0.5, 0.6) is 5.75 Å². The van der Waals surface area contributed by atoms with E-state index >= 15 is 0 Å². The molecular formula is C12H9Br2NO3. The summed E-state index contributed by atoms with van der Waals surface area (Å²) in [5.41, 5.74) is 0.640. The van der Waals surface area contributed by atoms with Gasteiger partial charge >= 0.3 is 0 Å². The highest BCUT2D eigenvalue weighted by Gasteiger charge is 2.12. The third-order valence-corrected chi connectivity index (χ3v) is 3.85. The molecule has 1 aromatic carbocycles. The monoisotopic (exact) mass is 373 g/mol. The van der Waals surface area contributed by atoms with Crippen molar-refractivity contribution in [1.29, 1.82) is 0 Å². The second-order valence-electron chi connectivity index (χ2n) is 3.61. The molecule has 0 aliphatic rings. The average molecular weight is 375 g/mol. The number of aromatic amines is 1. The van der Waals surface area contributed by atoms with Gasteiger partial charge in [0.2, 0.25) is 0 Å². The quantitative estimate of drug-likeness (QED) is 0.663. The number of rotatable bonds is 3. The number of methoxy groups -OCH3 is 1. The lowest BCUT2D eigenvalue weighted by Crippen LogP contribution is -2.11. The average Bonchev–Trinajstić information content (AvgIpc) is 2.38. The minimum absolute atomic E-state index is 0.163. The highest BCUT2D eigenvalue weighted by molar-refractivity contribution is 9.10. The number of carbonyl (C=O) groups is 1. The normalized spacial score (nSPS) is 10.6. The molecule has 2 rings (SSSR count). The Kier molecular flexibility index (Phi) is 3.87. The van der Waals surface area contributed by atoms with Crippen molar-refractivity contribution in [2.24, 2.45) is 0 Å². The fraction of sp³-hybridized carbons (Fsp3) is 0.167. The molecule has 0 spiro atoms. The van der Waals surface area contributed by atoms with Gasteiger partial charge in [0.1, 0.15) is 5.75 Å². The Morgan fingerprint density at radius 2 is 2.17 bits per heavy atom. The summed E-state index contributed by atoms with van der Waals surface area (Å²) >= 11 is 6.44. The van der Waals surface area contributed by atoms with Crippen LogP contribution >= 0.6 is 31.9 Å². The second kappa shape index (κ2) is 5.24. The largest absolute Gasteiger partial charge is 0.495 e. The van der Waals surface area contributed by atoms with Gasteiger partial charge in [-0.25, -0.2) is 0 Å². The van der Waals surface area contributed by atoms with Gasteiger partial charge in [-0.05, 0) is 28.1 Å². The lowest BCUT2D eigenvalue weighted by Gasteiger charge is -2.08. The highest BCUT2D eigenvalue weighted by atomic mass is 79.9. The first-order valence-corrected chi connectivity index (χ1v) is 6.98. The topological polar surface area (TPSA) is 59.2 Å². The maximum Gasteiger partial charge on any atom is 0.190 e. The summed E-state index contributed by atoms with van der Waals surface area (Å²) < 4.78 is 5.79. The van der Waals surface area contributed by atoms with Crippen LogP contribution in [0.4, 0.5) is 0 Å². The fourth-order valence-electron chi connectivity index (χ4n) is 1.64. The van der Waals surface area contributed by atoms with Gasteiger partial charge in [0, 0.05) is 11.5 Å². The number of H-pyrrole nitrogens is 1. The summed E-state index contributed by atoms with van der Waals surface area (Å²) in [5.74, 6) is 0.422. The molecule has 1 aromatic heterocycles. The van der Waals surface area contributed by atoms with E-state index in [-0.39, 0.29) is 22.2 Å². The van der Waals surface area contributed by atoms with Crippen molar-refractivity contribution in [2.45, 2.75) is 0 Å². The number of alkyl halides is 1. The van der Waals surface area contributed by atoms with E-state index in [0.717, 1.165) is 0 Å². The smallest absolute Gasteiger partial charge is 0.190 e. The van der Waals surface area contributed by atoms with Crippen molar-refractivity contribution in [2.75, 3.05) is 12.4 Å². The van der Waals surface area contributed by atoms with Gasteiger partial charge in [-0.15, -0.1) is 0 Å². The van der Waals surface area contributed by atoms with Crippen LogP contribution < -0.4 is 10.2 Å². The van der Waals surface area contributed by atoms with Gasteiger partial charge in [0.15, 0.2) is 11.2 Å². The minimum atomic E-state index is -0.198. The van der Waals surface area contributed by atoms with Crippen LogP contribution in [0.15, 0.2) is 27.5 Å². The Bertz CT molecular complexity index is 679. The summed E-state index contributed by atoms with van der Waals surface area (Å²) in [6.07, 6.45) is 0. The molecule has 0 aliphatic heterocycles. The molecular weight excluding hydrogens is 366 g/mol. The van der Waals surface area contributed by atoms with Gasteiger partial charge < -0.3 is 9.72 Å². The van der Waals surface area contributed by atoms with Crippen LogP contribution in [0.25, 0.3) is 10.9 Å². The van der Waals surface area contributed by atoms with E-state index in [1.165, 1.54) is 13.2 Å². The number of carbonyl (C=O) groups excluding carboxylic acids is 1. The van der Waals surface area contributed by atoms with E-state index in [0.29, 0.717) is 21.1 Å². The first-order chi connectivity index (χ1) is 8.58. The van der Waals surface area contributed by atoms with E-state index in [1.807, 2.05) is 0 Å². The number of Topliss-reactive ketones (excluding diaryl/α,β-unsaturated/α-hetero) is 1. The number of hydrogen-bond acceptors (Lipinski definition) is 3. The summed E-state index contributed by atoms with van der Waals surface area (Å²) in [5, 5.41) is 0.671. The molecule has 0 atom stereocenters. The summed E-state index contributed by atoms with van der Waals surface area (Å²) in [6, 6.07) is 4.68. The number of fused-ring (bicyclic) bond motifs is 1. The molecule has 1 heterocycles. The summed E-state index contributed by atoms with van der Waals surface area (Å²) in [6.45, 7) is 0. The van der Waals surface area contributed by atoms with Crippen molar-refractivity contribution in [3.63, 3.8) is 0 Å². The lowest BCUT2D eigenvalue weighted by atomic mass is 10.1. The fourth-order valence-corrected chi connectivity index (χ4v) is 2.55. The van der Waals surface area contributed by atoms with E-state index in [9.17, 15) is 9.59 Å². The van der Waals surface area contributed by atoms with Crippen LogP contribution in [-0.2, 0) is 0 Å². The van der Waals surface area contributed by atoms with Crippen LogP contribution in [0.1, 0.15) is 10.5 Å². The molecule has 18 heavy (non-hydrogen) atoms. The van der Waals surface area contributed by atoms with E-state index in [4.69, 9.17) is 4.74 Å². The molecule has 2 aromatic rings. The number of halogens is 2. The van der Waals surface area contributed by atoms with Gasteiger partial charge in [0.05, 0.1) is 28.1 Å². The third-order valence-electron chi connectivity index (χ3n) is 2.55. The van der Waals surface area contributed by atoms with E-state index in [2.05, 4.69) is 36.8 Å². The van der Waals surface area contributed by atoms with Gasteiger partial charge in [0.25, 0.3) is 0 Å². The Morgan fingerprint density at radius 1 is 1.44 bits per heavy atom. The van der Waals surface area contributed by atoms with Gasteiger partial charge in [-0.1, -0.05) is 15.9 Å². The number of nitrogens with one attached hydrogen (secondary N) is 1. The molecule has 1 N–H and O–H groups in total.